The molecule has 1 unspecified atom stereocenters. The van der Waals surface area contributed by atoms with E-state index >= 15 is 8.78 Å². The smallest absolute Gasteiger partial charge is 0.257 e. The Hall–Kier alpha value is -3.88. The van der Waals surface area contributed by atoms with Crippen molar-refractivity contribution in [3.8, 4) is 11.6 Å². The minimum atomic E-state index is -3.03. The average Bonchev–Trinajstić information content (AvgIpc) is 2.97. The molecular formula is C28H30F4N6O4. The van der Waals surface area contributed by atoms with Crippen LogP contribution >= 0.6 is 0 Å². The number of H-pyrrole nitrogens is 1. The monoisotopic (exact) mass is 590 g/mol. The molecule has 2 N–H and O–H groups in total. The number of alkyl halides is 2. The lowest BCUT2D eigenvalue weighted by molar-refractivity contribution is -0.125. The summed E-state index contributed by atoms with van der Waals surface area (Å²) in [5.41, 5.74) is 0.394. The molecule has 2 aliphatic rings. The zero-order valence-corrected chi connectivity index (χ0v) is 22.8. The first kappa shape index (κ1) is 29.6. The second-order valence-corrected chi connectivity index (χ2v) is 10.3. The summed E-state index contributed by atoms with van der Waals surface area (Å²) in [6.45, 7) is 4.25. The Morgan fingerprint density at radius 2 is 1.98 bits per heavy atom. The first-order valence-electron chi connectivity index (χ1n) is 13.5. The largest absolute Gasteiger partial charge is 0.435 e. The van der Waals surface area contributed by atoms with E-state index in [4.69, 9.17) is 9.47 Å². The van der Waals surface area contributed by atoms with Gasteiger partial charge in [0.1, 0.15) is 17.4 Å². The van der Waals surface area contributed by atoms with Gasteiger partial charge in [0.2, 0.25) is 5.91 Å². The molecule has 2 atom stereocenters. The summed E-state index contributed by atoms with van der Waals surface area (Å²) in [5.74, 6) is -6.71. The van der Waals surface area contributed by atoms with Gasteiger partial charge in [-0.3, -0.25) is 19.4 Å². The quantitative estimate of drug-likeness (QED) is 0.384. The van der Waals surface area contributed by atoms with Crippen molar-refractivity contribution in [2.45, 2.75) is 37.8 Å². The molecule has 3 aromatic rings. The fraction of sp³-hybridized carbons (Fsp3) is 0.429. The Bertz CT molecular complexity index is 1470. The van der Waals surface area contributed by atoms with Gasteiger partial charge < -0.3 is 19.8 Å². The van der Waals surface area contributed by atoms with Crippen LogP contribution in [0.4, 0.5) is 23.4 Å². The van der Waals surface area contributed by atoms with Crippen LogP contribution in [0.3, 0.4) is 0 Å². The van der Waals surface area contributed by atoms with Gasteiger partial charge in [-0.2, -0.15) is 0 Å². The van der Waals surface area contributed by atoms with Crippen molar-refractivity contribution in [1.82, 2.24) is 24.8 Å². The van der Waals surface area contributed by atoms with Crippen LogP contribution in [0.25, 0.3) is 0 Å². The van der Waals surface area contributed by atoms with Crippen molar-refractivity contribution >= 4 is 11.7 Å². The summed E-state index contributed by atoms with van der Waals surface area (Å²) >= 11 is 0. The number of amides is 1. The van der Waals surface area contributed by atoms with Gasteiger partial charge in [0.05, 0.1) is 37.6 Å². The molecule has 0 aromatic carbocycles. The van der Waals surface area contributed by atoms with Gasteiger partial charge in [0.15, 0.2) is 5.82 Å². The summed E-state index contributed by atoms with van der Waals surface area (Å²) in [4.78, 5) is 39.4. The van der Waals surface area contributed by atoms with Crippen LogP contribution in [0.1, 0.15) is 30.4 Å². The maximum atomic E-state index is 15.2. The zero-order valence-electron chi connectivity index (χ0n) is 22.8. The third-order valence-corrected chi connectivity index (χ3v) is 7.47. The number of likely N-dealkylation sites (tertiary alicyclic amines) is 1. The minimum Gasteiger partial charge on any atom is -0.435 e. The molecule has 2 saturated heterocycles. The predicted molar refractivity (Wildman–Crippen MR) is 144 cm³/mol. The van der Waals surface area contributed by atoms with Crippen molar-refractivity contribution in [1.29, 1.82) is 0 Å². The SMILES string of the molecule is CC(C(=O)Nc1ccc(Oc2ncc(F)cc2F)cn1)N1CCC(F)(F)[C@@H](c2c[nH]c(=O)c(CN3CCOCC3)c2)C1. The molecule has 3 aromatic heterocycles. The molecule has 10 nitrogen and oxygen atoms in total. The van der Waals surface area contributed by atoms with Gasteiger partial charge in [-0.15, -0.1) is 0 Å². The minimum absolute atomic E-state index is 0.00147. The van der Waals surface area contributed by atoms with Gasteiger partial charge in [-0.25, -0.2) is 27.5 Å². The number of pyridine rings is 3. The van der Waals surface area contributed by atoms with Gasteiger partial charge in [-0.05, 0) is 30.7 Å². The highest BCUT2D eigenvalue weighted by atomic mass is 19.3. The fourth-order valence-corrected chi connectivity index (χ4v) is 5.00. The summed E-state index contributed by atoms with van der Waals surface area (Å²) in [6, 6.07) is 4.25. The van der Waals surface area contributed by atoms with Crippen LogP contribution in [-0.4, -0.2) is 82.0 Å². The molecule has 0 spiro atoms. The molecule has 5 rings (SSSR count). The summed E-state index contributed by atoms with van der Waals surface area (Å²) in [7, 11) is 0. The zero-order chi connectivity index (χ0) is 29.9. The van der Waals surface area contributed by atoms with Crippen LogP contribution in [0.15, 0.2) is 47.7 Å². The fourth-order valence-electron chi connectivity index (χ4n) is 5.00. The van der Waals surface area contributed by atoms with E-state index in [9.17, 15) is 18.4 Å². The van der Waals surface area contributed by atoms with Gasteiger partial charge in [0.25, 0.3) is 17.4 Å². The van der Waals surface area contributed by atoms with E-state index in [1.807, 2.05) is 4.90 Å². The molecule has 2 fully saturated rings. The maximum absolute atomic E-state index is 15.2. The molecule has 1 amide bonds. The number of hydrogen-bond acceptors (Lipinski definition) is 8. The van der Waals surface area contributed by atoms with Crippen LogP contribution in [0, 0.1) is 11.6 Å². The van der Waals surface area contributed by atoms with Crippen molar-refractivity contribution in [3.63, 3.8) is 0 Å². The van der Waals surface area contributed by atoms with Gasteiger partial charge >= 0.3 is 0 Å². The van der Waals surface area contributed by atoms with Crippen molar-refractivity contribution in [2.24, 2.45) is 0 Å². The highest BCUT2D eigenvalue weighted by Crippen LogP contribution is 2.40. The van der Waals surface area contributed by atoms with E-state index in [1.54, 1.807) is 17.9 Å². The number of carbonyl (C=O) groups is 1. The molecule has 0 radical (unpaired) electrons. The lowest BCUT2D eigenvalue weighted by Gasteiger charge is -2.40. The Labute approximate surface area is 238 Å². The van der Waals surface area contributed by atoms with E-state index < -0.39 is 47.7 Å². The molecule has 0 saturated carbocycles. The van der Waals surface area contributed by atoms with Crippen molar-refractivity contribution < 1.29 is 31.8 Å². The maximum Gasteiger partial charge on any atom is 0.257 e. The number of piperidine rings is 1. The lowest BCUT2D eigenvalue weighted by atomic mass is 9.86. The second kappa shape index (κ2) is 12.5. The number of halogens is 4. The summed E-state index contributed by atoms with van der Waals surface area (Å²) < 4.78 is 67.7. The third-order valence-electron chi connectivity index (χ3n) is 7.47. The number of anilines is 1. The Balaban J connectivity index is 1.23. The van der Waals surface area contributed by atoms with E-state index in [1.165, 1.54) is 24.5 Å². The Morgan fingerprint density at radius 3 is 2.69 bits per heavy atom. The van der Waals surface area contributed by atoms with Crippen LogP contribution in [-0.2, 0) is 16.1 Å². The molecule has 42 heavy (non-hydrogen) atoms. The van der Waals surface area contributed by atoms with E-state index in [0.717, 1.165) is 6.20 Å². The Morgan fingerprint density at radius 1 is 1.19 bits per heavy atom. The molecule has 224 valence electrons. The molecule has 2 aliphatic heterocycles. The van der Waals surface area contributed by atoms with Crippen LogP contribution < -0.4 is 15.6 Å². The average molecular weight is 591 g/mol. The topological polar surface area (TPSA) is 113 Å². The number of hydrogen-bond donors (Lipinski definition) is 2. The number of aromatic amines is 1. The number of carbonyl (C=O) groups excluding carboxylic acids is 1. The van der Waals surface area contributed by atoms with Crippen LogP contribution in [0.2, 0.25) is 0 Å². The third kappa shape index (κ3) is 6.94. The number of ether oxygens (including phenoxy) is 2. The molecule has 14 heteroatoms. The second-order valence-electron chi connectivity index (χ2n) is 10.3. The highest BCUT2D eigenvalue weighted by molar-refractivity contribution is 5.93. The van der Waals surface area contributed by atoms with Crippen molar-refractivity contribution in [3.05, 3.63) is 76.0 Å². The van der Waals surface area contributed by atoms with E-state index in [0.29, 0.717) is 50.0 Å². The number of nitrogens with one attached hydrogen (secondary N) is 2. The summed E-state index contributed by atoms with van der Waals surface area (Å²) in [6.07, 6.45) is 2.92. The first-order valence-corrected chi connectivity index (χ1v) is 13.5. The molecule has 0 aliphatic carbocycles. The van der Waals surface area contributed by atoms with Crippen LogP contribution in [0.5, 0.6) is 11.6 Å². The number of nitrogens with zero attached hydrogens (tertiary/aromatic N) is 4. The predicted octanol–water partition coefficient (Wildman–Crippen LogP) is 3.52. The normalized spacial score (nSPS) is 20.2. The molecular weight excluding hydrogens is 560 g/mol. The molecule has 5 heterocycles. The number of aromatic nitrogens is 3. The van der Waals surface area contributed by atoms with Crippen molar-refractivity contribution in [2.75, 3.05) is 44.7 Å². The van der Waals surface area contributed by atoms with E-state index in [-0.39, 0.29) is 30.2 Å². The van der Waals surface area contributed by atoms with Gasteiger partial charge in [-0.1, -0.05) is 0 Å². The summed E-state index contributed by atoms with van der Waals surface area (Å²) in [5, 5.41) is 2.65. The number of morpholine rings is 1. The number of rotatable bonds is 8. The Kier molecular flexibility index (Phi) is 8.85. The highest BCUT2D eigenvalue weighted by Gasteiger charge is 2.46. The van der Waals surface area contributed by atoms with Gasteiger partial charge in [0, 0.05) is 57.0 Å². The lowest BCUT2D eigenvalue weighted by Crippen LogP contribution is -2.52. The molecule has 0 bridgehead atoms. The van der Waals surface area contributed by atoms with E-state index in [2.05, 4.69) is 20.3 Å². The first-order chi connectivity index (χ1) is 20.1. The standard InChI is InChI=1S/C28H30F4N6O4/c1-17(25(39)36-24-3-2-21(14-33-24)42-27-23(30)11-20(29)13-35-27)38-5-4-28(31,32)22(16-38)18-10-19(26(40)34-12-18)15-37-6-8-41-9-7-37/h2-3,10-14,17,22H,4-9,15-16H2,1H3,(H,34,40)(H,33,36,39)/t17?,22-/m1/s1.